The van der Waals surface area contributed by atoms with Gasteiger partial charge in [-0.15, -0.1) is 11.3 Å². The molecule has 2 aromatic carbocycles. The zero-order valence-electron chi connectivity index (χ0n) is 24.0. The highest BCUT2D eigenvalue weighted by molar-refractivity contribution is 7.80. The second kappa shape index (κ2) is 14.4. The summed E-state index contributed by atoms with van der Waals surface area (Å²) in [5.41, 5.74) is 5.24. The highest BCUT2D eigenvalue weighted by atomic mass is 35.5. The number of hydrogen-bond acceptors (Lipinski definition) is 6. The molecule has 3 aromatic heterocycles. The van der Waals surface area contributed by atoms with E-state index in [1.165, 1.54) is 28.2 Å². The summed E-state index contributed by atoms with van der Waals surface area (Å²) in [6.07, 6.45) is 5.84. The van der Waals surface area contributed by atoms with Crippen molar-refractivity contribution in [2.24, 2.45) is 0 Å². The number of carbonyl (C=O) groups is 1. The van der Waals surface area contributed by atoms with E-state index < -0.39 is 17.2 Å². The lowest BCUT2D eigenvalue weighted by Gasteiger charge is -2.26. The average molecular weight is 715 g/mol. The molecule has 0 saturated carbocycles. The van der Waals surface area contributed by atoms with E-state index in [9.17, 15) is 13.6 Å². The van der Waals surface area contributed by atoms with Gasteiger partial charge in [-0.1, -0.05) is 53.1 Å². The first-order chi connectivity index (χ1) is 22.3. The molecule has 1 unspecified atom stereocenters. The highest BCUT2D eigenvalue weighted by Crippen LogP contribution is 2.38. The fourth-order valence-corrected chi connectivity index (χ4v) is 7.06. The minimum Gasteiger partial charge on any atom is -0.331 e. The summed E-state index contributed by atoms with van der Waals surface area (Å²) in [7, 11) is 0. The number of aromatic nitrogens is 4. The minimum atomic E-state index is -2.48. The van der Waals surface area contributed by atoms with Crippen molar-refractivity contribution in [1.82, 2.24) is 30.2 Å². The number of benzene rings is 2. The Labute approximate surface area is 286 Å². The summed E-state index contributed by atoms with van der Waals surface area (Å²) in [5, 5.41) is 8.03. The van der Waals surface area contributed by atoms with E-state index in [1.807, 2.05) is 29.3 Å². The van der Waals surface area contributed by atoms with Crippen molar-refractivity contribution in [3.63, 3.8) is 0 Å². The van der Waals surface area contributed by atoms with Crippen LogP contribution in [-0.4, -0.2) is 52.5 Å². The molecule has 1 aliphatic heterocycles. The number of hydrazine groups is 1. The molecule has 15 heteroatoms. The van der Waals surface area contributed by atoms with E-state index in [2.05, 4.69) is 27.2 Å². The molecule has 6 rings (SSSR count). The van der Waals surface area contributed by atoms with Crippen LogP contribution < -0.4 is 9.73 Å². The average Bonchev–Trinajstić information content (AvgIpc) is 3.80. The molecule has 0 aliphatic carbocycles. The van der Waals surface area contributed by atoms with Gasteiger partial charge in [-0.05, 0) is 67.4 Å². The number of imidazole rings is 1. The maximum absolute atomic E-state index is 13.9. The molecule has 4 heterocycles. The first-order valence-electron chi connectivity index (χ1n) is 14.1. The largest absolute Gasteiger partial charge is 0.331 e. The second-order valence-corrected chi connectivity index (χ2v) is 13.6. The monoisotopic (exact) mass is 713 g/mol. The number of amides is 1. The Hall–Kier alpha value is -3.67. The smallest absolute Gasteiger partial charge is 0.286 e. The van der Waals surface area contributed by atoms with Crippen LogP contribution in [0.2, 0.25) is 15.1 Å². The predicted molar refractivity (Wildman–Crippen MR) is 183 cm³/mol. The lowest BCUT2D eigenvalue weighted by Crippen LogP contribution is -2.45. The molecule has 0 bridgehead atoms. The number of nitrogens with zero attached hydrogens (tertiary/aromatic N) is 5. The van der Waals surface area contributed by atoms with Gasteiger partial charge in [-0.3, -0.25) is 14.8 Å². The molecule has 46 heavy (non-hydrogen) atoms. The van der Waals surface area contributed by atoms with Crippen molar-refractivity contribution >= 4 is 69.1 Å². The molecule has 1 atom stereocenters. The fourth-order valence-electron chi connectivity index (χ4n) is 5.02. The van der Waals surface area contributed by atoms with Gasteiger partial charge < -0.3 is 4.98 Å². The summed E-state index contributed by atoms with van der Waals surface area (Å²) >= 11 is 17.9. The summed E-state index contributed by atoms with van der Waals surface area (Å²) in [5.74, 6) is 6.17. The number of thiophene rings is 1. The van der Waals surface area contributed by atoms with Gasteiger partial charge >= 0.3 is 0 Å². The molecule has 0 spiro atoms. The Bertz CT molecular complexity index is 1940. The van der Waals surface area contributed by atoms with Gasteiger partial charge in [0.15, 0.2) is 5.69 Å². The Morgan fingerprint density at radius 1 is 1.04 bits per heavy atom. The zero-order valence-corrected chi connectivity index (χ0v) is 27.9. The van der Waals surface area contributed by atoms with E-state index in [4.69, 9.17) is 39.9 Å². The van der Waals surface area contributed by atoms with Gasteiger partial charge in [0.1, 0.15) is 5.82 Å². The first-order valence-corrected chi connectivity index (χ1v) is 17.2. The van der Waals surface area contributed by atoms with Gasteiger partial charge in [-0.25, -0.2) is 23.2 Å². The molecular weight excluding hydrogens is 689 g/mol. The summed E-state index contributed by atoms with van der Waals surface area (Å²) in [6.45, 7) is 1.25. The van der Waals surface area contributed by atoms with Crippen LogP contribution in [0.5, 0.6) is 0 Å². The van der Waals surface area contributed by atoms with Gasteiger partial charge in [0, 0.05) is 34.3 Å². The van der Waals surface area contributed by atoms with Crippen LogP contribution in [0.4, 0.5) is 5.82 Å². The molecule has 1 amide bonds. The van der Waals surface area contributed by atoms with Gasteiger partial charge in [0.05, 0.1) is 45.2 Å². The maximum Gasteiger partial charge on any atom is 0.286 e. The minimum absolute atomic E-state index is 0.0729. The van der Waals surface area contributed by atoms with Crippen molar-refractivity contribution in [2.45, 2.75) is 25.8 Å². The van der Waals surface area contributed by atoms with E-state index in [0.717, 1.165) is 29.7 Å². The summed E-state index contributed by atoms with van der Waals surface area (Å²) in [4.78, 5) is 22.3. The number of H-pyrrole nitrogens is 1. The summed E-state index contributed by atoms with van der Waals surface area (Å²) < 4.78 is 25.8. The number of aromatic amines is 1. The van der Waals surface area contributed by atoms with E-state index >= 15 is 0 Å². The molecule has 10 nitrogen and oxygen atoms in total. The van der Waals surface area contributed by atoms with Crippen molar-refractivity contribution < 1.29 is 13.6 Å². The molecule has 1 fully saturated rings. The van der Waals surface area contributed by atoms with E-state index in [1.54, 1.807) is 35.0 Å². The Morgan fingerprint density at radius 2 is 1.80 bits per heavy atom. The normalized spacial score (nSPS) is 14.0. The lowest BCUT2D eigenvalue weighted by molar-refractivity contribution is 0.0743. The van der Waals surface area contributed by atoms with Gasteiger partial charge in [0.2, 0.25) is 0 Å². The summed E-state index contributed by atoms with van der Waals surface area (Å²) in [6, 6.07) is 16.0. The van der Waals surface area contributed by atoms with Gasteiger partial charge in [0.25, 0.3) is 17.2 Å². The van der Waals surface area contributed by atoms with Crippen LogP contribution in [-0.2, 0) is 17.8 Å². The Balaban J connectivity index is 1.51. The molecule has 1 aliphatic rings. The van der Waals surface area contributed by atoms with Crippen molar-refractivity contribution in [3.05, 3.63) is 104 Å². The highest BCUT2D eigenvalue weighted by Gasteiger charge is 2.30. The standard InChI is InChI=1S/C31H26Cl3N7O3S2/c32-21-7-4-20(5-8-21)6-10-23-11-13-27(45-23)30-24(18-40(46(43)44)28-17-35-19-36-28)29(31(42)38-39-14-2-1-3-15-39)37-41(30)26-12-9-22(33)16-25(26)34/h4-5,7-9,11-13,16-17,19H,1-3,14-15,18H2,(H,35,36)(H,38,42)(H,43,44). The molecule has 236 valence electrons. The number of piperidine rings is 1. The number of carbonyl (C=O) groups excluding carboxylic acids is 1. The fraction of sp³-hybridized carbons (Fsp3) is 0.194. The number of rotatable bonds is 8. The molecule has 3 N–H and O–H groups in total. The van der Waals surface area contributed by atoms with Crippen LogP contribution in [0.3, 0.4) is 0 Å². The number of halogens is 3. The van der Waals surface area contributed by atoms with Crippen molar-refractivity contribution in [1.29, 1.82) is 0 Å². The van der Waals surface area contributed by atoms with Crippen LogP contribution >= 0.6 is 46.1 Å². The second-order valence-electron chi connectivity index (χ2n) is 10.3. The zero-order chi connectivity index (χ0) is 32.2. The molecular formula is C31H26Cl3N7O3S2. The van der Waals surface area contributed by atoms with E-state index in [-0.39, 0.29) is 18.1 Å². The maximum atomic E-state index is 13.9. The lowest BCUT2D eigenvalue weighted by atomic mass is 10.1. The molecule has 5 aromatic rings. The van der Waals surface area contributed by atoms with Crippen molar-refractivity contribution in [2.75, 3.05) is 17.4 Å². The van der Waals surface area contributed by atoms with Crippen LogP contribution in [0.25, 0.3) is 16.3 Å². The third-order valence-electron chi connectivity index (χ3n) is 7.21. The number of nitrogens with one attached hydrogen (secondary N) is 2. The number of anilines is 1. The van der Waals surface area contributed by atoms with Crippen molar-refractivity contribution in [3.8, 4) is 28.1 Å². The molecule has 1 saturated heterocycles. The Kier molecular flexibility index (Phi) is 10.1. The molecule has 0 radical (unpaired) electrons. The third kappa shape index (κ3) is 7.32. The van der Waals surface area contributed by atoms with Crippen LogP contribution in [0.1, 0.15) is 45.8 Å². The number of hydrogen-bond donors (Lipinski definition) is 3. The SMILES string of the molecule is O=C(NN1CCCCC1)c1nn(-c2ccc(Cl)cc2Cl)c(-c2ccc(C#Cc3ccc(Cl)cc3)s2)c1CN(c1cnc[nH]1)S(=O)O. The first kappa shape index (κ1) is 32.3. The van der Waals surface area contributed by atoms with Crippen LogP contribution in [0, 0.1) is 11.8 Å². The van der Waals surface area contributed by atoms with Gasteiger partial charge in [-0.2, -0.15) is 5.10 Å². The Morgan fingerprint density at radius 3 is 2.50 bits per heavy atom. The topological polar surface area (TPSA) is 119 Å². The quantitative estimate of drug-likeness (QED) is 0.118. The van der Waals surface area contributed by atoms with Crippen LogP contribution in [0.15, 0.2) is 67.1 Å². The van der Waals surface area contributed by atoms with E-state index in [0.29, 0.717) is 50.0 Å². The predicted octanol–water partition coefficient (Wildman–Crippen LogP) is 6.96. The third-order valence-corrected chi connectivity index (χ3v) is 9.71.